The number of methoxy groups -OCH3 is 1. The molecule has 5 heteroatoms. The first kappa shape index (κ1) is 17.4. The van der Waals surface area contributed by atoms with Gasteiger partial charge < -0.3 is 14.0 Å². The first-order valence-corrected chi connectivity index (χ1v) is 10.2. The van der Waals surface area contributed by atoms with Crippen molar-refractivity contribution in [3.8, 4) is 0 Å². The predicted octanol–water partition coefficient (Wildman–Crippen LogP) is 3.17. The van der Waals surface area contributed by atoms with Crippen molar-refractivity contribution >= 4 is 20.6 Å². The fourth-order valence-corrected chi connectivity index (χ4v) is 3.28. The SMILES string of the molecule is COC(=O)C1CC1(C=O)CCCO[Si](C)(C)C(C)(C)C. The van der Waals surface area contributed by atoms with Gasteiger partial charge in [-0.2, -0.15) is 0 Å². The standard InChI is InChI=1S/C15H28O4Si/c1-14(2,3)20(5,6)19-9-7-8-15(11-16)10-12(15)13(17)18-4/h11-12H,7-10H2,1-6H3. The van der Waals surface area contributed by atoms with E-state index < -0.39 is 13.7 Å². The summed E-state index contributed by atoms with van der Waals surface area (Å²) in [6.45, 7) is 11.7. The number of ether oxygens (including phenoxy) is 1. The van der Waals surface area contributed by atoms with E-state index in [4.69, 9.17) is 9.16 Å². The van der Waals surface area contributed by atoms with E-state index >= 15 is 0 Å². The molecule has 2 unspecified atom stereocenters. The summed E-state index contributed by atoms with van der Waals surface area (Å²) >= 11 is 0. The first-order valence-electron chi connectivity index (χ1n) is 7.28. The summed E-state index contributed by atoms with van der Waals surface area (Å²) < 4.78 is 10.8. The zero-order chi connectivity index (χ0) is 15.6. The molecule has 0 saturated heterocycles. The van der Waals surface area contributed by atoms with Crippen LogP contribution in [0.4, 0.5) is 0 Å². The van der Waals surface area contributed by atoms with E-state index in [9.17, 15) is 9.59 Å². The molecule has 0 heterocycles. The Bertz CT molecular complexity index is 373. The average molecular weight is 300 g/mol. The van der Waals surface area contributed by atoms with Crippen LogP contribution >= 0.6 is 0 Å². The van der Waals surface area contributed by atoms with Gasteiger partial charge in [0.15, 0.2) is 8.32 Å². The molecule has 0 bridgehead atoms. The lowest BCUT2D eigenvalue weighted by Gasteiger charge is -2.36. The third-order valence-electron chi connectivity index (χ3n) is 4.89. The van der Waals surface area contributed by atoms with E-state index in [0.29, 0.717) is 19.4 Å². The van der Waals surface area contributed by atoms with E-state index in [1.54, 1.807) is 0 Å². The molecular formula is C15H28O4Si. The molecule has 0 radical (unpaired) electrons. The number of carbonyl (C=O) groups is 2. The first-order chi connectivity index (χ1) is 9.09. The molecule has 0 N–H and O–H groups in total. The largest absolute Gasteiger partial charge is 0.469 e. The zero-order valence-electron chi connectivity index (χ0n) is 13.6. The Morgan fingerprint density at radius 1 is 1.40 bits per heavy atom. The predicted molar refractivity (Wildman–Crippen MR) is 81.0 cm³/mol. The molecule has 1 saturated carbocycles. The van der Waals surface area contributed by atoms with Crippen molar-refractivity contribution in [1.29, 1.82) is 0 Å². The Morgan fingerprint density at radius 2 is 2.00 bits per heavy atom. The smallest absolute Gasteiger partial charge is 0.309 e. The zero-order valence-corrected chi connectivity index (χ0v) is 14.6. The van der Waals surface area contributed by atoms with Gasteiger partial charge in [-0.15, -0.1) is 0 Å². The van der Waals surface area contributed by atoms with Crippen LogP contribution in [0.2, 0.25) is 18.1 Å². The van der Waals surface area contributed by atoms with Crippen LogP contribution in [0, 0.1) is 11.3 Å². The molecule has 0 aliphatic heterocycles. The minimum atomic E-state index is -1.72. The van der Waals surface area contributed by atoms with Crippen LogP contribution in [0.1, 0.15) is 40.0 Å². The number of hydrogen-bond donors (Lipinski definition) is 0. The minimum Gasteiger partial charge on any atom is -0.469 e. The van der Waals surface area contributed by atoms with Crippen LogP contribution in [-0.2, 0) is 18.8 Å². The molecule has 0 aromatic rings. The van der Waals surface area contributed by atoms with Crippen molar-refractivity contribution in [2.45, 2.75) is 58.2 Å². The van der Waals surface area contributed by atoms with E-state index in [-0.39, 0.29) is 16.9 Å². The summed E-state index contributed by atoms with van der Waals surface area (Å²) in [7, 11) is -0.345. The van der Waals surface area contributed by atoms with Crippen molar-refractivity contribution < 1.29 is 18.8 Å². The fourth-order valence-electron chi connectivity index (χ4n) is 2.19. The highest BCUT2D eigenvalue weighted by atomic mass is 28.4. The van der Waals surface area contributed by atoms with Gasteiger partial charge in [0.1, 0.15) is 6.29 Å². The molecule has 0 aromatic carbocycles. The maximum absolute atomic E-state index is 11.5. The maximum atomic E-state index is 11.5. The van der Waals surface area contributed by atoms with Crippen LogP contribution in [0.3, 0.4) is 0 Å². The van der Waals surface area contributed by atoms with E-state index in [2.05, 4.69) is 33.9 Å². The van der Waals surface area contributed by atoms with Gasteiger partial charge in [0.05, 0.1) is 13.0 Å². The second kappa shape index (κ2) is 5.98. The van der Waals surface area contributed by atoms with Gasteiger partial charge in [-0.05, 0) is 37.4 Å². The van der Waals surface area contributed by atoms with Gasteiger partial charge >= 0.3 is 5.97 Å². The lowest BCUT2D eigenvalue weighted by Crippen LogP contribution is -2.41. The quantitative estimate of drug-likeness (QED) is 0.314. The average Bonchev–Trinajstić information content (AvgIpc) is 3.08. The van der Waals surface area contributed by atoms with Crippen LogP contribution in [-0.4, -0.2) is 34.3 Å². The molecule has 0 amide bonds. The lowest BCUT2D eigenvalue weighted by molar-refractivity contribution is -0.143. The third-order valence-corrected chi connectivity index (χ3v) is 9.43. The van der Waals surface area contributed by atoms with Crippen LogP contribution < -0.4 is 0 Å². The number of esters is 1. The minimum absolute atomic E-state index is 0.198. The monoisotopic (exact) mass is 300 g/mol. The van der Waals surface area contributed by atoms with E-state index in [1.807, 2.05) is 0 Å². The number of carbonyl (C=O) groups excluding carboxylic acids is 2. The van der Waals surface area contributed by atoms with Gasteiger partial charge in [-0.25, -0.2) is 0 Å². The van der Waals surface area contributed by atoms with Gasteiger partial charge in [0, 0.05) is 12.0 Å². The molecule has 0 aromatic heterocycles. The van der Waals surface area contributed by atoms with Crippen molar-refractivity contribution in [3.63, 3.8) is 0 Å². The Kier molecular flexibility index (Phi) is 5.19. The molecule has 1 rings (SSSR count). The van der Waals surface area contributed by atoms with Crippen LogP contribution in [0.5, 0.6) is 0 Å². The summed E-state index contributed by atoms with van der Waals surface area (Å²) in [5.41, 5.74) is -0.482. The lowest BCUT2D eigenvalue weighted by atomic mass is 9.99. The summed E-state index contributed by atoms with van der Waals surface area (Å²) in [6.07, 6.45) is 3.09. The van der Waals surface area contributed by atoms with Crippen molar-refractivity contribution in [2.24, 2.45) is 11.3 Å². The highest BCUT2D eigenvalue weighted by Gasteiger charge is 2.58. The van der Waals surface area contributed by atoms with E-state index in [0.717, 1.165) is 12.7 Å². The van der Waals surface area contributed by atoms with Crippen molar-refractivity contribution in [2.75, 3.05) is 13.7 Å². The molecule has 1 fully saturated rings. The Balaban J connectivity index is 2.39. The van der Waals surface area contributed by atoms with Crippen molar-refractivity contribution in [1.82, 2.24) is 0 Å². The van der Waals surface area contributed by atoms with Crippen LogP contribution in [0.15, 0.2) is 0 Å². The van der Waals surface area contributed by atoms with Gasteiger partial charge in [0.25, 0.3) is 0 Å². The van der Waals surface area contributed by atoms with Gasteiger partial charge in [-0.1, -0.05) is 20.8 Å². The summed E-state index contributed by atoms with van der Waals surface area (Å²) in [6, 6.07) is 0. The molecule has 116 valence electrons. The summed E-state index contributed by atoms with van der Waals surface area (Å²) in [4.78, 5) is 22.7. The molecule has 20 heavy (non-hydrogen) atoms. The topological polar surface area (TPSA) is 52.6 Å². The highest BCUT2D eigenvalue weighted by molar-refractivity contribution is 6.74. The Labute approximate surface area is 123 Å². The molecule has 0 spiro atoms. The molecular weight excluding hydrogens is 272 g/mol. The second-order valence-electron chi connectivity index (χ2n) is 7.34. The number of hydrogen-bond acceptors (Lipinski definition) is 4. The molecule has 2 atom stereocenters. The molecule has 1 aliphatic rings. The van der Waals surface area contributed by atoms with Crippen LogP contribution in [0.25, 0.3) is 0 Å². The normalized spacial score (nSPS) is 26.2. The summed E-state index contributed by atoms with van der Waals surface area (Å²) in [5, 5.41) is 0.198. The van der Waals surface area contributed by atoms with Gasteiger partial charge in [0.2, 0.25) is 0 Å². The van der Waals surface area contributed by atoms with Crippen molar-refractivity contribution in [3.05, 3.63) is 0 Å². The number of aldehydes is 1. The fraction of sp³-hybridized carbons (Fsp3) is 0.867. The van der Waals surface area contributed by atoms with E-state index in [1.165, 1.54) is 7.11 Å². The molecule has 1 aliphatic carbocycles. The Morgan fingerprint density at radius 3 is 2.45 bits per heavy atom. The Hall–Kier alpha value is -0.683. The summed E-state index contributed by atoms with van der Waals surface area (Å²) in [5.74, 6) is -0.500. The van der Waals surface area contributed by atoms with Gasteiger partial charge in [-0.3, -0.25) is 4.79 Å². The number of rotatable bonds is 7. The second-order valence-corrected chi connectivity index (χ2v) is 12.2. The third kappa shape index (κ3) is 3.70. The molecule has 4 nitrogen and oxygen atoms in total. The highest BCUT2D eigenvalue weighted by Crippen LogP contribution is 2.54. The maximum Gasteiger partial charge on any atom is 0.309 e.